The smallest absolute Gasteiger partial charge is 0.158 e. The zero-order valence-corrected chi connectivity index (χ0v) is 10.1. The minimum absolute atomic E-state index is 0.468. The van der Waals surface area contributed by atoms with Crippen LogP contribution in [0.2, 0.25) is 5.02 Å². The first-order valence-electron chi connectivity index (χ1n) is 5.25. The Kier molecular flexibility index (Phi) is 4.30. The molecule has 0 aliphatic carbocycles. The summed E-state index contributed by atoms with van der Waals surface area (Å²) in [6, 6.07) is 14.4. The largest absolute Gasteiger partial charge is 0.383 e. The zero-order chi connectivity index (χ0) is 12.8. The van der Waals surface area contributed by atoms with Crippen LogP contribution in [0.1, 0.15) is 5.56 Å². The number of hydrogen-bond donors (Lipinski definition) is 2. The molecule has 0 amide bonds. The molecule has 0 atom stereocenters. The van der Waals surface area contributed by atoms with Crippen molar-refractivity contribution < 1.29 is 10.0 Å². The van der Waals surface area contributed by atoms with Crippen molar-refractivity contribution >= 4 is 23.5 Å². The lowest BCUT2D eigenvalue weighted by Crippen LogP contribution is -2.13. The molecule has 0 spiro atoms. The summed E-state index contributed by atoms with van der Waals surface area (Å²) in [5.41, 5.74) is 3.04. The van der Waals surface area contributed by atoms with E-state index in [1.807, 2.05) is 30.3 Å². The molecule has 0 heterocycles. The Morgan fingerprint density at radius 3 is 2.61 bits per heavy atom. The molecule has 0 saturated heterocycles. The highest BCUT2D eigenvalue weighted by atomic mass is 35.5. The second-order valence-electron chi connectivity index (χ2n) is 3.44. The topological polar surface area (TPSA) is 53.8 Å². The van der Waals surface area contributed by atoms with Crippen molar-refractivity contribution in [3.63, 3.8) is 0 Å². The molecule has 5 heteroatoms. The lowest BCUT2D eigenvalue weighted by Gasteiger charge is -2.04. The highest BCUT2D eigenvalue weighted by Gasteiger charge is 2.00. The average Bonchev–Trinajstić information content (AvgIpc) is 2.40. The Hall–Kier alpha value is -1.88. The van der Waals surface area contributed by atoms with Gasteiger partial charge >= 0.3 is 0 Å². The first-order chi connectivity index (χ1) is 8.81. The normalized spacial score (nSPS) is 10.8. The van der Waals surface area contributed by atoms with Gasteiger partial charge in [0, 0.05) is 11.8 Å². The maximum atomic E-state index is 8.54. The molecular formula is C13H11ClN2O2. The predicted octanol–water partition coefficient (Wildman–Crippen LogP) is 3.36. The second kappa shape index (κ2) is 6.16. The van der Waals surface area contributed by atoms with Crippen molar-refractivity contribution in [2.75, 3.05) is 0 Å². The van der Waals surface area contributed by atoms with Gasteiger partial charge in [0.15, 0.2) is 5.75 Å². The number of nitrogens with one attached hydrogen (secondary N) is 1. The molecule has 0 fully saturated rings. The Morgan fingerprint density at radius 2 is 1.83 bits per heavy atom. The molecule has 0 aliphatic heterocycles. The summed E-state index contributed by atoms with van der Waals surface area (Å²) in [4.78, 5) is 9.11. The van der Waals surface area contributed by atoms with Crippen molar-refractivity contribution in [2.24, 2.45) is 4.99 Å². The van der Waals surface area contributed by atoms with E-state index in [9.17, 15) is 0 Å². The van der Waals surface area contributed by atoms with Gasteiger partial charge in [-0.05, 0) is 29.9 Å². The van der Waals surface area contributed by atoms with Crippen molar-refractivity contribution in [1.82, 2.24) is 5.64 Å². The minimum atomic E-state index is 0.468. The zero-order valence-electron chi connectivity index (χ0n) is 9.38. The third kappa shape index (κ3) is 3.07. The molecule has 0 bridgehead atoms. The van der Waals surface area contributed by atoms with E-state index in [4.69, 9.17) is 21.6 Å². The van der Waals surface area contributed by atoms with Gasteiger partial charge in [-0.1, -0.05) is 35.9 Å². The number of hydrogen-bond acceptors (Lipinski definition) is 4. The molecular weight excluding hydrogens is 252 g/mol. The van der Waals surface area contributed by atoms with Gasteiger partial charge in [0.25, 0.3) is 0 Å². The summed E-state index contributed by atoms with van der Waals surface area (Å²) in [6.07, 6.45) is 1.62. The van der Waals surface area contributed by atoms with Crippen LogP contribution >= 0.6 is 11.6 Å². The molecule has 0 saturated carbocycles. The van der Waals surface area contributed by atoms with Crippen LogP contribution in [0.4, 0.5) is 5.69 Å². The minimum Gasteiger partial charge on any atom is -0.383 e. The molecule has 2 aromatic carbocycles. The quantitative estimate of drug-likeness (QED) is 0.656. The fourth-order valence-electron chi connectivity index (χ4n) is 1.42. The van der Waals surface area contributed by atoms with Gasteiger partial charge in [-0.25, -0.2) is 0 Å². The second-order valence-corrected chi connectivity index (χ2v) is 3.85. The van der Waals surface area contributed by atoms with Crippen molar-refractivity contribution in [3.8, 4) is 5.75 Å². The van der Waals surface area contributed by atoms with Crippen LogP contribution in [0.25, 0.3) is 0 Å². The molecule has 4 nitrogen and oxygen atoms in total. The average molecular weight is 263 g/mol. The molecule has 2 aromatic rings. The highest BCUT2D eigenvalue weighted by Crippen LogP contribution is 2.24. The number of aliphatic imine (C=N–C) groups is 1. The fraction of sp³-hybridized carbons (Fsp3) is 0. The molecule has 0 aliphatic rings. The summed E-state index contributed by atoms with van der Waals surface area (Å²) in [7, 11) is 0. The lowest BCUT2D eigenvalue weighted by atomic mass is 10.2. The Bertz CT molecular complexity index is 558. The third-order valence-electron chi connectivity index (χ3n) is 2.27. The van der Waals surface area contributed by atoms with Crippen LogP contribution in [0.5, 0.6) is 5.75 Å². The van der Waals surface area contributed by atoms with Crippen LogP contribution in [0.3, 0.4) is 0 Å². The molecule has 18 heavy (non-hydrogen) atoms. The molecule has 0 aromatic heterocycles. The summed E-state index contributed by atoms with van der Waals surface area (Å²) in [6.45, 7) is 0. The maximum Gasteiger partial charge on any atom is 0.158 e. The van der Waals surface area contributed by atoms with Crippen LogP contribution in [0, 0.1) is 0 Å². The molecule has 0 unspecified atom stereocenters. The number of rotatable bonds is 4. The highest BCUT2D eigenvalue weighted by molar-refractivity contribution is 6.33. The Morgan fingerprint density at radius 1 is 1.11 bits per heavy atom. The first kappa shape index (κ1) is 12.6. The number of nitrogens with zero attached hydrogens (tertiary/aromatic N) is 1. The first-order valence-corrected chi connectivity index (χ1v) is 5.62. The van der Waals surface area contributed by atoms with Gasteiger partial charge in [-0.3, -0.25) is 10.2 Å². The van der Waals surface area contributed by atoms with Crippen LogP contribution in [-0.4, -0.2) is 11.4 Å². The van der Waals surface area contributed by atoms with Crippen LogP contribution < -0.4 is 10.5 Å². The van der Waals surface area contributed by atoms with E-state index in [0.29, 0.717) is 16.5 Å². The van der Waals surface area contributed by atoms with Gasteiger partial charge < -0.3 is 4.84 Å². The lowest BCUT2D eigenvalue weighted by molar-refractivity contribution is -0.0436. The van der Waals surface area contributed by atoms with Crippen molar-refractivity contribution in [2.45, 2.75) is 0 Å². The Balaban J connectivity index is 2.26. The number of para-hydroxylation sites is 2. The Labute approximate surface area is 109 Å². The number of benzene rings is 2. The van der Waals surface area contributed by atoms with E-state index >= 15 is 0 Å². The molecule has 92 valence electrons. The predicted molar refractivity (Wildman–Crippen MR) is 70.7 cm³/mol. The van der Waals surface area contributed by atoms with E-state index in [1.54, 1.807) is 30.1 Å². The summed E-state index contributed by atoms with van der Waals surface area (Å²) >= 11 is 5.99. The van der Waals surface area contributed by atoms with Gasteiger partial charge in [0.05, 0.1) is 10.7 Å². The van der Waals surface area contributed by atoms with E-state index in [1.165, 1.54) is 0 Å². The molecule has 2 N–H and O–H groups in total. The monoisotopic (exact) mass is 262 g/mol. The SMILES string of the molecule is ONOc1ccccc1C=Nc1ccccc1Cl. The maximum absolute atomic E-state index is 8.54. The van der Waals surface area contributed by atoms with Crippen LogP contribution in [-0.2, 0) is 0 Å². The van der Waals surface area contributed by atoms with E-state index < -0.39 is 0 Å². The van der Waals surface area contributed by atoms with E-state index in [0.717, 1.165) is 5.56 Å². The van der Waals surface area contributed by atoms with Crippen molar-refractivity contribution in [3.05, 3.63) is 59.1 Å². The summed E-state index contributed by atoms with van der Waals surface area (Å²) < 4.78 is 0. The van der Waals surface area contributed by atoms with Gasteiger partial charge in [0.2, 0.25) is 0 Å². The van der Waals surface area contributed by atoms with Gasteiger partial charge in [-0.15, -0.1) is 0 Å². The van der Waals surface area contributed by atoms with E-state index in [2.05, 4.69) is 4.99 Å². The standard InChI is InChI=1S/C13H11ClN2O2/c14-11-6-2-3-7-12(11)15-9-10-5-1-4-8-13(10)18-16-17/h1-9,16-17H. The molecule has 2 rings (SSSR count). The van der Waals surface area contributed by atoms with Crippen LogP contribution in [0.15, 0.2) is 53.5 Å². The molecule has 0 radical (unpaired) electrons. The van der Waals surface area contributed by atoms with Gasteiger partial charge in [-0.2, -0.15) is 0 Å². The van der Waals surface area contributed by atoms with Crippen molar-refractivity contribution in [1.29, 1.82) is 0 Å². The summed E-state index contributed by atoms with van der Waals surface area (Å²) in [5.74, 6) is 0.468. The fourth-order valence-corrected chi connectivity index (χ4v) is 1.61. The van der Waals surface area contributed by atoms with E-state index in [-0.39, 0.29) is 0 Å². The number of halogens is 1. The summed E-state index contributed by atoms with van der Waals surface area (Å²) in [5, 5.41) is 9.11. The van der Waals surface area contributed by atoms with Gasteiger partial charge in [0.1, 0.15) is 0 Å². The third-order valence-corrected chi connectivity index (χ3v) is 2.59.